The van der Waals surface area contributed by atoms with Crippen LogP contribution in [-0.2, 0) is 0 Å². The molecule has 0 aliphatic carbocycles. The van der Waals surface area contributed by atoms with Gasteiger partial charge >= 0.3 is 298 Å². The van der Waals surface area contributed by atoms with E-state index in [4.69, 9.17) is 9.97 Å². The van der Waals surface area contributed by atoms with Crippen molar-refractivity contribution in [3.05, 3.63) is 200 Å². The summed E-state index contributed by atoms with van der Waals surface area (Å²) in [5.74, 6) is 0.732. The molecule has 11 aromatic rings. The molecule has 0 fully saturated rings. The first kappa shape index (κ1) is 32.6. The van der Waals surface area contributed by atoms with E-state index in [0.29, 0.717) is 0 Å². The van der Waals surface area contributed by atoms with Crippen LogP contribution in [0.25, 0.3) is 81.6 Å². The number of para-hydroxylation sites is 1. The molecule has 4 heterocycles. The Morgan fingerprint density at radius 1 is 0.421 bits per heavy atom. The fraction of sp³-hybridized carbons (Fsp3) is 0. The molecule has 1 aliphatic heterocycles. The summed E-state index contributed by atoms with van der Waals surface area (Å²) >= 11 is -1.77. The number of rotatable bonds is 5. The molecule has 0 saturated heterocycles. The summed E-state index contributed by atoms with van der Waals surface area (Å²) in [6, 6.07) is 73.3. The van der Waals surface area contributed by atoms with Crippen LogP contribution < -0.4 is 17.6 Å². The number of aromatic nitrogens is 3. The molecule has 0 N–H and O–H groups in total. The number of nitrogens with zero attached hydrogens (tertiary/aromatic N) is 3. The second-order valence-electron chi connectivity index (χ2n) is 14.9. The summed E-state index contributed by atoms with van der Waals surface area (Å²) in [7, 11) is 0. The molecule has 0 radical (unpaired) electrons. The quantitative estimate of drug-likeness (QED) is 0.162. The molecule has 0 amide bonds. The summed E-state index contributed by atoms with van der Waals surface area (Å²) in [6.07, 6.45) is 0. The number of benzene rings is 8. The van der Waals surface area contributed by atoms with Crippen LogP contribution >= 0.6 is 11.3 Å². The van der Waals surface area contributed by atoms with Gasteiger partial charge in [-0.1, -0.05) is 18.2 Å². The van der Waals surface area contributed by atoms with Gasteiger partial charge in [-0.15, -0.1) is 11.3 Å². The van der Waals surface area contributed by atoms with Crippen molar-refractivity contribution in [1.82, 2.24) is 14.5 Å². The van der Waals surface area contributed by atoms with Gasteiger partial charge in [0, 0.05) is 4.70 Å². The zero-order valence-corrected chi connectivity index (χ0v) is 33.7. The van der Waals surface area contributed by atoms with E-state index >= 15 is 0 Å². The summed E-state index contributed by atoms with van der Waals surface area (Å²) in [4.78, 5) is 11.3. The van der Waals surface area contributed by atoms with Crippen molar-refractivity contribution < 1.29 is 0 Å². The van der Waals surface area contributed by atoms with E-state index in [9.17, 15) is 0 Å². The summed E-state index contributed by atoms with van der Waals surface area (Å²) in [5.41, 5.74) is 8.85. The third-order valence-electron chi connectivity index (χ3n) is 11.9. The normalized spacial score (nSPS) is 13.1. The van der Waals surface area contributed by atoms with E-state index in [1.165, 1.54) is 65.1 Å². The van der Waals surface area contributed by atoms with Crippen molar-refractivity contribution in [3.63, 3.8) is 0 Å². The summed E-state index contributed by atoms with van der Waals surface area (Å²) < 4.78 is 10.5. The van der Waals surface area contributed by atoms with Gasteiger partial charge in [-0.3, -0.25) is 0 Å². The molecule has 12 rings (SSSR count). The van der Waals surface area contributed by atoms with Crippen LogP contribution in [0.1, 0.15) is 0 Å². The van der Waals surface area contributed by atoms with Gasteiger partial charge in [-0.05, 0) is 6.07 Å². The van der Waals surface area contributed by atoms with Gasteiger partial charge in [0.05, 0.1) is 0 Å². The first-order valence-electron chi connectivity index (χ1n) is 19.4. The molecule has 3 nitrogen and oxygen atoms in total. The second-order valence-corrected chi connectivity index (χ2v) is 23.7. The molecule has 0 spiro atoms. The Morgan fingerprint density at radius 3 is 1.84 bits per heavy atom. The standard InChI is InChI=1S/C52H33GeN3S/c1-4-17-34(18-5-1)50-49-51(41-27-10-13-28-44(41)53(49,36-20-6-2-7-21-36)37-22-8-3-9-23-37)55-52(54-50)35-19-16-24-38(31-35)56-45-29-14-11-25-39(45)42-33-48-43(32-46(42)56)40-26-12-15-30-47(40)57-48/h1-33H. The average molecular weight is 805 g/mol. The monoisotopic (exact) mass is 805 g/mol. The van der Waals surface area contributed by atoms with Gasteiger partial charge in [0.2, 0.25) is 0 Å². The van der Waals surface area contributed by atoms with Crippen LogP contribution in [0.5, 0.6) is 0 Å². The Morgan fingerprint density at radius 2 is 1.05 bits per heavy atom. The molecular weight excluding hydrogens is 771 g/mol. The number of hydrogen-bond donors (Lipinski definition) is 0. The van der Waals surface area contributed by atoms with E-state index in [2.05, 4.69) is 205 Å². The molecule has 1 aliphatic rings. The van der Waals surface area contributed by atoms with Crippen molar-refractivity contribution in [2.24, 2.45) is 0 Å². The Labute approximate surface area is 336 Å². The van der Waals surface area contributed by atoms with Crippen LogP contribution in [-0.4, -0.2) is 27.8 Å². The van der Waals surface area contributed by atoms with Gasteiger partial charge in [-0.2, -0.15) is 0 Å². The molecule has 0 bridgehead atoms. The van der Waals surface area contributed by atoms with Gasteiger partial charge in [0.15, 0.2) is 0 Å². The Bertz CT molecular complexity index is 3310. The molecule has 0 atom stereocenters. The van der Waals surface area contributed by atoms with E-state index in [1.807, 2.05) is 11.3 Å². The molecule has 57 heavy (non-hydrogen) atoms. The number of fused-ring (bicyclic) bond motifs is 9. The van der Waals surface area contributed by atoms with Gasteiger partial charge in [-0.25, -0.2) is 0 Å². The van der Waals surface area contributed by atoms with Crippen LogP contribution in [0.15, 0.2) is 200 Å². The molecule has 8 aromatic carbocycles. The van der Waals surface area contributed by atoms with Crippen molar-refractivity contribution >= 4 is 84.2 Å². The van der Waals surface area contributed by atoms with Crippen LogP contribution in [0, 0.1) is 0 Å². The Kier molecular flexibility index (Phi) is 7.28. The predicted molar refractivity (Wildman–Crippen MR) is 243 cm³/mol. The maximum absolute atomic E-state index is 5.66. The molecule has 5 heteroatoms. The van der Waals surface area contributed by atoms with Crippen molar-refractivity contribution in [1.29, 1.82) is 0 Å². The zero-order valence-electron chi connectivity index (χ0n) is 30.8. The topological polar surface area (TPSA) is 30.7 Å². The molecule has 3 aromatic heterocycles. The van der Waals surface area contributed by atoms with Crippen molar-refractivity contribution in [2.45, 2.75) is 0 Å². The fourth-order valence-corrected chi connectivity index (χ4v) is 21.6. The summed E-state index contributed by atoms with van der Waals surface area (Å²) in [6.45, 7) is 0. The number of hydrogen-bond acceptors (Lipinski definition) is 3. The minimum atomic E-state index is -3.64. The minimum absolute atomic E-state index is 0.732. The van der Waals surface area contributed by atoms with E-state index in [-0.39, 0.29) is 0 Å². The molecule has 0 unspecified atom stereocenters. The van der Waals surface area contributed by atoms with Gasteiger partial charge in [0.25, 0.3) is 0 Å². The van der Waals surface area contributed by atoms with Crippen molar-refractivity contribution in [2.75, 3.05) is 0 Å². The van der Waals surface area contributed by atoms with Gasteiger partial charge in [0.1, 0.15) is 0 Å². The summed E-state index contributed by atoms with van der Waals surface area (Å²) in [5, 5.41) is 5.11. The third-order valence-corrected chi connectivity index (χ3v) is 23.2. The second kappa shape index (κ2) is 12.7. The molecule has 266 valence electrons. The SMILES string of the molecule is c1ccc(-c2nc(-c3cccc(-n4c5ccccc5c5cc6sc7ccccc7c6cc54)c3)nc3[c]2[Ge]([c]2ccccc2)([c]2ccccc2)[c]2ccccc2-3)cc1. The third kappa shape index (κ3) is 4.78. The van der Waals surface area contributed by atoms with E-state index < -0.39 is 13.3 Å². The van der Waals surface area contributed by atoms with E-state index in [1.54, 1.807) is 0 Å². The Balaban J connectivity index is 1.13. The van der Waals surface area contributed by atoms with Crippen LogP contribution in [0.2, 0.25) is 0 Å². The Hall–Kier alpha value is -6.60. The average Bonchev–Trinajstić information content (AvgIpc) is 3.92. The van der Waals surface area contributed by atoms with E-state index in [0.717, 1.165) is 34.0 Å². The first-order chi connectivity index (χ1) is 28.3. The van der Waals surface area contributed by atoms with Crippen LogP contribution in [0.4, 0.5) is 0 Å². The number of thiophene rings is 1. The first-order valence-corrected chi connectivity index (χ1v) is 24.4. The fourth-order valence-electron chi connectivity index (χ4n) is 9.49. The predicted octanol–water partition coefficient (Wildman–Crippen LogP) is 10.6. The molecular formula is C52H33GeN3S. The molecule has 0 saturated carbocycles. The van der Waals surface area contributed by atoms with Crippen molar-refractivity contribution in [3.8, 4) is 39.6 Å². The zero-order chi connectivity index (χ0) is 37.5. The van der Waals surface area contributed by atoms with Crippen LogP contribution in [0.3, 0.4) is 0 Å². The maximum atomic E-state index is 5.66. The van der Waals surface area contributed by atoms with Gasteiger partial charge < -0.3 is 0 Å².